The second-order valence-electron chi connectivity index (χ2n) is 6.06. The minimum Gasteiger partial charge on any atom is -0.372 e. The maximum atomic E-state index is 14.0. The number of nitrogens with one attached hydrogen (secondary N) is 1. The Morgan fingerprint density at radius 3 is 2.48 bits per heavy atom. The number of hydrogen-bond donors (Lipinski definition) is 3. The van der Waals surface area contributed by atoms with Crippen LogP contribution in [-0.4, -0.2) is 16.9 Å². The highest BCUT2D eigenvalue weighted by Gasteiger charge is 2.54. The first-order valence-electron chi connectivity index (χ1n) is 7.89. The normalized spacial score (nSPS) is 19.0. The maximum Gasteiger partial charge on any atom is 0.417 e. The van der Waals surface area contributed by atoms with Gasteiger partial charge < -0.3 is 16.2 Å². The number of alkyl halides is 3. The zero-order valence-electron chi connectivity index (χ0n) is 13.9. The summed E-state index contributed by atoms with van der Waals surface area (Å²) in [7, 11) is 0. The molecule has 142 valence electrons. The number of nitrogens with two attached hydrogens (primary N) is 1. The van der Waals surface area contributed by atoms with Gasteiger partial charge in [0.25, 0.3) is 5.91 Å². The van der Waals surface area contributed by atoms with Crippen molar-refractivity contribution in [2.24, 2.45) is 5.73 Å². The van der Waals surface area contributed by atoms with Crippen LogP contribution in [0.4, 0.5) is 18.9 Å². The SMILES string of the molecule is CCc1c(C(N)=O)cc2c(c1C(F)(F)F)C(O)(c1ccccc1Cl)C(=O)N2. The van der Waals surface area contributed by atoms with E-state index in [2.05, 4.69) is 5.32 Å². The first kappa shape index (κ1) is 19.2. The molecule has 0 aromatic heterocycles. The molecule has 1 heterocycles. The van der Waals surface area contributed by atoms with Crippen LogP contribution in [0.3, 0.4) is 0 Å². The van der Waals surface area contributed by atoms with Gasteiger partial charge in [-0.15, -0.1) is 0 Å². The quantitative estimate of drug-likeness (QED) is 0.741. The summed E-state index contributed by atoms with van der Waals surface area (Å²) < 4.78 is 42.0. The van der Waals surface area contributed by atoms with E-state index in [1.165, 1.54) is 31.2 Å². The third-order valence-electron chi connectivity index (χ3n) is 4.54. The molecule has 2 aromatic carbocycles. The summed E-state index contributed by atoms with van der Waals surface area (Å²) in [5.41, 5.74) is -0.675. The number of hydrogen-bond acceptors (Lipinski definition) is 3. The highest BCUT2D eigenvalue weighted by molar-refractivity contribution is 6.32. The van der Waals surface area contributed by atoms with E-state index in [-0.39, 0.29) is 28.3 Å². The second kappa shape index (κ2) is 6.24. The Kier molecular flexibility index (Phi) is 4.44. The van der Waals surface area contributed by atoms with E-state index in [4.69, 9.17) is 17.3 Å². The molecule has 3 rings (SSSR count). The van der Waals surface area contributed by atoms with Crippen molar-refractivity contribution in [2.45, 2.75) is 25.1 Å². The van der Waals surface area contributed by atoms with Gasteiger partial charge in [-0.05, 0) is 24.1 Å². The predicted octanol–water partition coefficient (Wildman–Crippen LogP) is 3.21. The van der Waals surface area contributed by atoms with Crippen LogP contribution in [0.1, 0.15) is 39.5 Å². The van der Waals surface area contributed by atoms with Gasteiger partial charge in [0.05, 0.1) is 5.56 Å². The van der Waals surface area contributed by atoms with Gasteiger partial charge >= 0.3 is 6.18 Å². The largest absolute Gasteiger partial charge is 0.417 e. The van der Waals surface area contributed by atoms with E-state index >= 15 is 0 Å². The van der Waals surface area contributed by atoms with Crippen molar-refractivity contribution in [1.82, 2.24) is 0 Å². The number of carbonyl (C=O) groups excluding carboxylic acids is 2. The number of rotatable bonds is 3. The zero-order valence-corrected chi connectivity index (χ0v) is 14.7. The summed E-state index contributed by atoms with van der Waals surface area (Å²) in [5.74, 6) is -2.16. The van der Waals surface area contributed by atoms with Crippen LogP contribution in [0.2, 0.25) is 5.02 Å². The van der Waals surface area contributed by atoms with E-state index in [1.54, 1.807) is 0 Å². The molecule has 0 fully saturated rings. The molecular weight excluding hydrogens is 385 g/mol. The Hall–Kier alpha value is -2.58. The molecule has 1 aliphatic heterocycles. The van der Waals surface area contributed by atoms with Crippen LogP contribution in [0, 0.1) is 0 Å². The number of amides is 2. The molecule has 1 unspecified atom stereocenters. The molecule has 2 amide bonds. The molecule has 27 heavy (non-hydrogen) atoms. The van der Waals surface area contributed by atoms with Gasteiger partial charge in [0, 0.05) is 27.4 Å². The molecule has 2 aromatic rings. The highest BCUT2D eigenvalue weighted by atomic mass is 35.5. The molecule has 5 nitrogen and oxygen atoms in total. The molecule has 0 radical (unpaired) electrons. The van der Waals surface area contributed by atoms with Crippen molar-refractivity contribution in [2.75, 3.05) is 5.32 Å². The molecule has 9 heteroatoms. The second-order valence-corrected chi connectivity index (χ2v) is 6.47. The number of aliphatic hydroxyl groups is 1. The van der Waals surface area contributed by atoms with Gasteiger partial charge in [0.2, 0.25) is 5.91 Å². The lowest BCUT2D eigenvalue weighted by molar-refractivity contribution is -0.142. The van der Waals surface area contributed by atoms with Gasteiger partial charge in [-0.1, -0.05) is 36.7 Å². The average molecular weight is 399 g/mol. The molecule has 0 aliphatic carbocycles. The van der Waals surface area contributed by atoms with Crippen LogP contribution >= 0.6 is 11.6 Å². The number of benzene rings is 2. The van der Waals surface area contributed by atoms with Crippen molar-refractivity contribution in [3.8, 4) is 0 Å². The van der Waals surface area contributed by atoms with Crippen molar-refractivity contribution < 1.29 is 27.9 Å². The summed E-state index contributed by atoms with van der Waals surface area (Å²) in [4.78, 5) is 24.2. The maximum absolute atomic E-state index is 14.0. The molecule has 0 bridgehead atoms. The topological polar surface area (TPSA) is 92.4 Å². The molecular formula is C18H14ClF3N2O3. The number of carbonyl (C=O) groups is 2. The summed E-state index contributed by atoms with van der Waals surface area (Å²) in [5, 5.41) is 13.3. The zero-order chi connectivity index (χ0) is 20.1. The number of anilines is 1. The fraction of sp³-hybridized carbons (Fsp3) is 0.222. The first-order chi connectivity index (χ1) is 12.5. The van der Waals surface area contributed by atoms with Gasteiger partial charge in [-0.25, -0.2) is 0 Å². The molecule has 4 N–H and O–H groups in total. The lowest BCUT2D eigenvalue weighted by Gasteiger charge is -2.27. The molecule has 0 saturated carbocycles. The smallest absolute Gasteiger partial charge is 0.372 e. The molecule has 0 saturated heterocycles. The van der Waals surface area contributed by atoms with E-state index in [9.17, 15) is 27.9 Å². The van der Waals surface area contributed by atoms with E-state index in [0.29, 0.717) is 0 Å². The third kappa shape index (κ3) is 2.76. The van der Waals surface area contributed by atoms with Crippen LogP contribution in [0.5, 0.6) is 0 Å². The number of primary amides is 1. The van der Waals surface area contributed by atoms with Crippen LogP contribution in [0.15, 0.2) is 30.3 Å². The minimum atomic E-state index is -4.96. The first-order valence-corrected chi connectivity index (χ1v) is 8.27. The Morgan fingerprint density at radius 2 is 1.96 bits per heavy atom. The van der Waals surface area contributed by atoms with Crippen LogP contribution in [0.25, 0.3) is 0 Å². The minimum absolute atomic E-state index is 0.0758. The Labute approximate surface area is 156 Å². The highest BCUT2D eigenvalue weighted by Crippen LogP contribution is 2.51. The van der Waals surface area contributed by atoms with Crippen molar-refractivity contribution >= 4 is 29.1 Å². The van der Waals surface area contributed by atoms with Crippen LogP contribution in [-0.2, 0) is 23.0 Å². The van der Waals surface area contributed by atoms with Gasteiger partial charge in [0.1, 0.15) is 0 Å². The Morgan fingerprint density at radius 1 is 1.33 bits per heavy atom. The van der Waals surface area contributed by atoms with Gasteiger partial charge in [-0.2, -0.15) is 13.2 Å². The van der Waals surface area contributed by atoms with E-state index < -0.39 is 40.3 Å². The molecule has 0 spiro atoms. The predicted molar refractivity (Wildman–Crippen MR) is 92.4 cm³/mol. The van der Waals surface area contributed by atoms with E-state index in [0.717, 1.165) is 6.07 Å². The summed E-state index contributed by atoms with van der Waals surface area (Å²) in [6.45, 7) is 1.42. The number of fused-ring (bicyclic) bond motifs is 1. The summed E-state index contributed by atoms with van der Waals surface area (Å²) >= 11 is 6.05. The van der Waals surface area contributed by atoms with Crippen molar-refractivity contribution in [3.05, 3.63) is 63.2 Å². The standard InChI is InChI=1S/C18H14ClF3N2O3/c1-2-8-9(15(23)25)7-12-14(13(8)18(20,21)22)17(27,16(26)24-12)10-5-3-4-6-11(10)19/h3-7,27H,2H2,1H3,(H2,23,25)(H,24,26). The van der Waals surface area contributed by atoms with Crippen molar-refractivity contribution in [1.29, 1.82) is 0 Å². The fourth-order valence-corrected chi connectivity index (χ4v) is 3.71. The van der Waals surface area contributed by atoms with E-state index in [1.807, 2.05) is 0 Å². The molecule has 1 aliphatic rings. The average Bonchev–Trinajstić information content (AvgIpc) is 2.84. The lowest BCUT2D eigenvalue weighted by atomic mass is 9.81. The van der Waals surface area contributed by atoms with Crippen molar-refractivity contribution in [3.63, 3.8) is 0 Å². The fourth-order valence-electron chi connectivity index (χ4n) is 3.44. The lowest BCUT2D eigenvalue weighted by Crippen LogP contribution is -2.37. The van der Waals surface area contributed by atoms with Crippen LogP contribution < -0.4 is 11.1 Å². The third-order valence-corrected chi connectivity index (χ3v) is 4.87. The van der Waals surface area contributed by atoms with Gasteiger partial charge in [0.15, 0.2) is 5.60 Å². The Bertz CT molecular complexity index is 975. The van der Waals surface area contributed by atoms with Gasteiger partial charge in [-0.3, -0.25) is 9.59 Å². The number of halogens is 4. The Balaban J connectivity index is 2.48. The monoisotopic (exact) mass is 398 g/mol. The summed E-state index contributed by atoms with van der Waals surface area (Å²) in [6, 6.07) is 6.63. The summed E-state index contributed by atoms with van der Waals surface area (Å²) in [6.07, 6.45) is -5.14. The molecule has 1 atom stereocenters.